The van der Waals surface area contributed by atoms with E-state index in [0.717, 1.165) is 11.1 Å². The average molecular weight is 480 g/mol. The number of carbonyl (C=O) groups excluding carboxylic acids is 3. The fourth-order valence-electron chi connectivity index (χ4n) is 4.41. The zero-order valence-electron chi connectivity index (χ0n) is 20.7. The van der Waals surface area contributed by atoms with Gasteiger partial charge >= 0.3 is 6.09 Å². The van der Waals surface area contributed by atoms with Crippen LogP contribution in [0.25, 0.3) is 0 Å². The number of aryl methyl sites for hydroxylation is 1. The van der Waals surface area contributed by atoms with E-state index in [0.29, 0.717) is 25.3 Å². The molecule has 0 spiro atoms. The summed E-state index contributed by atoms with van der Waals surface area (Å²) in [5, 5.41) is 2.84. The Balaban J connectivity index is 1.50. The third-order valence-electron chi connectivity index (χ3n) is 6.09. The molecule has 2 aromatic rings. The monoisotopic (exact) mass is 479 g/mol. The van der Waals surface area contributed by atoms with Crippen LogP contribution in [0.1, 0.15) is 38.3 Å². The van der Waals surface area contributed by atoms with Crippen LogP contribution < -0.4 is 5.32 Å². The predicted molar refractivity (Wildman–Crippen MR) is 132 cm³/mol. The van der Waals surface area contributed by atoms with Crippen LogP contribution in [0.5, 0.6) is 0 Å². The Bertz CT molecular complexity index is 1060. The third-order valence-corrected chi connectivity index (χ3v) is 6.09. The molecule has 3 amide bonds. The molecule has 1 N–H and O–H groups in total. The molecule has 0 aliphatic carbocycles. The molecule has 2 aromatic carbocycles. The van der Waals surface area contributed by atoms with Crippen molar-refractivity contribution in [2.24, 2.45) is 0 Å². The summed E-state index contributed by atoms with van der Waals surface area (Å²) in [6.07, 6.45) is -1.87. The minimum atomic E-state index is -0.927. The van der Waals surface area contributed by atoms with Gasteiger partial charge in [0.1, 0.15) is 11.7 Å². The van der Waals surface area contributed by atoms with Gasteiger partial charge in [-0.15, -0.1) is 0 Å². The lowest BCUT2D eigenvalue weighted by Gasteiger charge is -2.40. The van der Waals surface area contributed by atoms with Gasteiger partial charge in [-0.1, -0.05) is 48.0 Å². The Hall–Kier alpha value is -3.39. The van der Waals surface area contributed by atoms with Gasteiger partial charge < -0.3 is 24.6 Å². The quantitative estimate of drug-likeness (QED) is 0.706. The smallest absolute Gasteiger partial charge is 0.410 e. The normalized spacial score (nSPS) is 22.1. The van der Waals surface area contributed by atoms with E-state index >= 15 is 0 Å². The predicted octanol–water partition coefficient (Wildman–Crippen LogP) is 3.74. The second-order valence-corrected chi connectivity index (χ2v) is 10.2. The van der Waals surface area contributed by atoms with Gasteiger partial charge in [0.15, 0.2) is 0 Å². The van der Waals surface area contributed by atoms with Crippen molar-refractivity contribution in [1.82, 2.24) is 9.80 Å². The molecule has 3 unspecified atom stereocenters. The molecular formula is C27H33N3O5. The van der Waals surface area contributed by atoms with Crippen molar-refractivity contribution in [3.63, 3.8) is 0 Å². The van der Waals surface area contributed by atoms with Gasteiger partial charge in [0.2, 0.25) is 5.91 Å². The number of hydrogen-bond donors (Lipinski definition) is 1. The number of rotatable bonds is 5. The zero-order valence-corrected chi connectivity index (χ0v) is 20.7. The fraction of sp³-hybridized carbons (Fsp3) is 0.444. The molecule has 2 fully saturated rings. The fourth-order valence-corrected chi connectivity index (χ4v) is 4.41. The van der Waals surface area contributed by atoms with E-state index in [1.807, 2.05) is 82.3 Å². The van der Waals surface area contributed by atoms with Gasteiger partial charge in [-0.25, -0.2) is 4.79 Å². The van der Waals surface area contributed by atoms with Crippen molar-refractivity contribution < 1.29 is 23.9 Å². The molecule has 0 radical (unpaired) electrons. The van der Waals surface area contributed by atoms with E-state index < -0.39 is 23.9 Å². The Labute approximate surface area is 206 Å². The lowest BCUT2D eigenvalue weighted by molar-refractivity contribution is -0.169. The molecule has 8 nitrogen and oxygen atoms in total. The summed E-state index contributed by atoms with van der Waals surface area (Å²) in [5.74, 6) is -0.549. The number of benzene rings is 2. The Morgan fingerprint density at radius 1 is 1.06 bits per heavy atom. The SMILES string of the molecule is Cc1ccc(NC(=O)CC2OC3CN(C(=O)OC(C)(C)C)CC3N(Cc3ccccc3)C2=O)cc1. The highest BCUT2D eigenvalue weighted by molar-refractivity contribution is 5.95. The summed E-state index contributed by atoms with van der Waals surface area (Å²) < 4.78 is 11.7. The number of morpholine rings is 1. The van der Waals surface area contributed by atoms with E-state index in [-0.39, 0.29) is 24.3 Å². The summed E-state index contributed by atoms with van der Waals surface area (Å²) >= 11 is 0. The maximum Gasteiger partial charge on any atom is 0.410 e. The summed E-state index contributed by atoms with van der Waals surface area (Å²) in [7, 11) is 0. The van der Waals surface area contributed by atoms with Crippen molar-refractivity contribution in [2.45, 2.75) is 64.5 Å². The van der Waals surface area contributed by atoms with Crippen molar-refractivity contribution in [3.8, 4) is 0 Å². The topological polar surface area (TPSA) is 88.2 Å². The first-order valence-electron chi connectivity index (χ1n) is 11.9. The number of ether oxygens (including phenoxy) is 2. The van der Waals surface area contributed by atoms with Gasteiger partial charge in [0.05, 0.1) is 25.1 Å². The van der Waals surface area contributed by atoms with Gasteiger partial charge in [-0.2, -0.15) is 0 Å². The van der Waals surface area contributed by atoms with Crippen LogP contribution >= 0.6 is 0 Å². The van der Waals surface area contributed by atoms with Crippen LogP contribution in [0.2, 0.25) is 0 Å². The van der Waals surface area contributed by atoms with Crippen molar-refractivity contribution in [1.29, 1.82) is 0 Å². The standard InChI is InChI=1S/C27H33N3O5/c1-18-10-12-20(13-11-18)28-24(31)14-22-25(32)30(15-19-8-6-5-7-9-19)21-16-29(17-23(21)34-22)26(33)35-27(2,3)4/h5-13,21-23H,14-17H2,1-4H3,(H,28,31). The largest absolute Gasteiger partial charge is 0.444 e. The molecule has 2 saturated heterocycles. The van der Waals surface area contributed by atoms with Crippen LogP contribution in [-0.4, -0.2) is 64.6 Å². The van der Waals surface area contributed by atoms with Gasteiger partial charge in [-0.05, 0) is 45.4 Å². The number of carbonyl (C=O) groups is 3. The average Bonchev–Trinajstić information content (AvgIpc) is 3.22. The third kappa shape index (κ3) is 6.19. The number of anilines is 1. The van der Waals surface area contributed by atoms with Crippen LogP contribution in [-0.2, 0) is 25.6 Å². The second-order valence-electron chi connectivity index (χ2n) is 10.2. The molecule has 186 valence electrons. The molecule has 4 rings (SSSR count). The maximum atomic E-state index is 13.5. The summed E-state index contributed by atoms with van der Waals surface area (Å²) in [6.45, 7) is 8.42. The Kier molecular flexibility index (Phi) is 7.12. The van der Waals surface area contributed by atoms with Crippen LogP contribution in [0.15, 0.2) is 54.6 Å². The minimum Gasteiger partial charge on any atom is -0.444 e. The maximum absolute atomic E-state index is 13.5. The van der Waals surface area contributed by atoms with E-state index in [1.54, 1.807) is 9.80 Å². The molecular weight excluding hydrogens is 446 g/mol. The number of hydrogen-bond acceptors (Lipinski definition) is 5. The lowest BCUT2D eigenvalue weighted by Crippen LogP contribution is -2.58. The first-order chi connectivity index (χ1) is 16.6. The number of nitrogens with one attached hydrogen (secondary N) is 1. The van der Waals surface area contributed by atoms with Crippen molar-refractivity contribution in [2.75, 3.05) is 18.4 Å². The molecule has 0 saturated carbocycles. The lowest BCUT2D eigenvalue weighted by atomic mass is 10.0. The first-order valence-corrected chi connectivity index (χ1v) is 11.9. The number of amides is 3. The Morgan fingerprint density at radius 2 is 1.74 bits per heavy atom. The van der Waals surface area contributed by atoms with Gasteiger partial charge in [-0.3, -0.25) is 9.59 Å². The van der Waals surface area contributed by atoms with E-state index in [9.17, 15) is 14.4 Å². The minimum absolute atomic E-state index is 0.104. The zero-order chi connectivity index (χ0) is 25.2. The van der Waals surface area contributed by atoms with Crippen LogP contribution in [0, 0.1) is 6.92 Å². The highest BCUT2D eigenvalue weighted by Crippen LogP contribution is 2.30. The molecule has 8 heteroatoms. The molecule has 35 heavy (non-hydrogen) atoms. The highest BCUT2D eigenvalue weighted by atomic mass is 16.6. The number of fused-ring (bicyclic) bond motifs is 1. The molecule has 3 atom stereocenters. The summed E-state index contributed by atoms with van der Waals surface area (Å²) in [6, 6.07) is 16.8. The van der Waals surface area contributed by atoms with E-state index in [4.69, 9.17) is 9.47 Å². The van der Waals surface area contributed by atoms with E-state index in [2.05, 4.69) is 5.32 Å². The second kappa shape index (κ2) is 10.1. The van der Waals surface area contributed by atoms with E-state index in [1.165, 1.54) is 0 Å². The van der Waals surface area contributed by atoms with Gasteiger partial charge in [0, 0.05) is 18.8 Å². The molecule has 0 aromatic heterocycles. The molecule has 0 bridgehead atoms. The summed E-state index contributed by atoms with van der Waals surface area (Å²) in [4.78, 5) is 42.3. The highest BCUT2D eigenvalue weighted by Gasteiger charge is 2.49. The van der Waals surface area contributed by atoms with Crippen molar-refractivity contribution in [3.05, 3.63) is 65.7 Å². The molecule has 2 aliphatic rings. The molecule has 2 heterocycles. The van der Waals surface area contributed by atoms with Gasteiger partial charge in [0.25, 0.3) is 5.91 Å². The Morgan fingerprint density at radius 3 is 2.40 bits per heavy atom. The summed E-state index contributed by atoms with van der Waals surface area (Å²) in [5.41, 5.74) is 2.11. The van der Waals surface area contributed by atoms with Crippen molar-refractivity contribution >= 4 is 23.6 Å². The number of likely N-dealkylation sites (tertiary alicyclic amines) is 1. The van der Waals surface area contributed by atoms with Crippen LogP contribution in [0.3, 0.4) is 0 Å². The molecule has 2 aliphatic heterocycles. The number of nitrogens with zero attached hydrogens (tertiary/aromatic N) is 2. The first kappa shape index (κ1) is 24.7. The van der Waals surface area contributed by atoms with Crippen LogP contribution in [0.4, 0.5) is 10.5 Å².